The molecule has 1 aliphatic rings. The molecule has 2 N–H and O–H groups in total. The van der Waals surface area contributed by atoms with Crippen LogP contribution in [0.1, 0.15) is 34.3 Å². The highest BCUT2D eigenvalue weighted by molar-refractivity contribution is 5.94. The lowest BCUT2D eigenvalue weighted by Gasteiger charge is -2.24. The number of hydrogen-bond acceptors (Lipinski definition) is 3. The van der Waals surface area contributed by atoms with Crippen LogP contribution in [0.4, 0.5) is 0 Å². The first-order valence-electron chi connectivity index (χ1n) is 9.04. The van der Waals surface area contributed by atoms with Crippen LogP contribution in [0.5, 0.6) is 0 Å². The number of hydrogen-bond donors (Lipinski definition) is 2. The van der Waals surface area contributed by atoms with Crippen molar-refractivity contribution in [2.75, 3.05) is 20.1 Å². The molecule has 0 aliphatic carbocycles. The predicted molar refractivity (Wildman–Crippen MR) is 101 cm³/mol. The minimum Gasteiger partial charge on any atom is -0.348 e. The van der Waals surface area contributed by atoms with Gasteiger partial charge in [0.1, 0.15) is 0 Å². The number of piperidine rings is 1. The average Bonchev–Trinajstić information content (AvgIpc) is 2.63. The van der Waals surface area contributed by atoms with Gasteiger partial charge >= 0.3 is 0 Å². The summed E-state index contributed by atoms with van der Waals surface area (Å²) in [5.41, 5.74) is 3.20. The van der Waals surface area contributed by atoms with Gasteiger partial charge in [-0.3, -0.25) is 9.69 Å². The molecule has 0 bridgehead atoms. The molecule has 0 spiro atoms. The predicted octanol–water partition coefficient (Wildman–Crippen LogP) is 2.80. The average molecular weight is 337 g/mol. The normalized spacial score (nSPS) is 17.4. The Morgan fingerprint density at radius 3 is 2.64 bits per heavy atom. The zero-order valence-corrected chi connectivity index (χ0v) is 14.9. The van der Waals surface area contributed by atoms with Crippen LogP contribution in [0.15, 0.2) is 54.6 Å². The van der Waals surface area contributed by atoms with E-state index in [0.717, 1.165) is 50.1 Å². The lowest BCUT2D eigenvalue weighted by atomic mass is 10.1. The fraction of sp³-hybridized carbons (Fsp3) is 0.381. The van der Waals surface area contributed by atoms with Crippen molar-refractivity contribution in [3.8, 4) is 0 Å². The molecule has 3 rings (SSSR count). The van der Waals surface area contributed by atoms with Crippen LogP contribution < -0.4 is 10.6 Å². The van der Waals surface area contributed by atoms with Crippen LogP contribution in [0, 0.1) is 0 Å². The smallest absolute Gasteiger partial charge is 0.251 e. The summed E-state index contributed by atoms with van der Waals surface area (Å²) in [7, 11) is 2.10. The molecule has 4 heteroatoms. The summed E-state index contributed by atoms with van der Waals surface area (Å²) in [6.45, 7) is 3.63. The number of nitrogens with zero attached hydrogens (tertiary/aromatic N) is 1. The Balaban J connectivity index is 1.57. The Hall–Kier alpha value is -2.17. The van der Waals surface area contributed by atoms with Gasteiger partial charge in [-0.1, -0.05) is 42.5 Å². The second-order valence-corrected chi connectivity index (χ2v) is 6.88. The zero-order chi connectivity index (χ0) is 17.5. The van der Waals surface area contributed by atoms with Gasteiger partial charge in [0.25, 0.3) is 5.91 Å². The molecule has 1 aliphatic heterocycles. The number of benzene rings is 2. The molecule has 0 saturated carbocycles. The standard InChI is InChI=1S/C21H27N3O/c1-24(15-17-7-3-2-4-8-17)16-18-9-5-10-19(13-18)21(25)23-20-11-6-12-22-14-20/h2-5,7-10,13,20,22H,6,11-12,14-16H2,1H3,(H,23,25)/t20-/m0/s1. The quantitative estimate of drug-likeness (QED) is 0.852. The van der Waals surface area contributed by atoms with Gasteiger partial charge in [0, 0.05) is 31.2 Å². The van der Waals surface area contributed by atoms with Gasteiger partial charge < -0.3 is 10.6 Å². The first-order chi connectivity index (χ1) is 12.2. The lowest BCUT2D eigenvalue weighted by Crippen LogP contribution is -2.45. The maximum absolute atomic E-state index is 12.5. The van der Waals surface area contributed by atoms with Crippen LogP contribution in [0.2, 0.25) is 0 Å². The highest BCUT2D eigenvalue weighted by Crippen LogP contribution is 2.11. The van der Waals surface area contributed by atoms with Crippen molar-refractivity contribution in [1.82, 2.24) is 15.5 Å². The number of amides is 1. The summed E-state index contributed by atoms with van der Waals surface area (Å²) in [4.78, 5) is 14.8. The Labute approximate surface area is 150 Å². The molecule has 1 fully saturated rings. The van der Waals surface area contributed by atoms with Crippen molar-refractivity contribution in [3.63, 3.8) is 0 Å². The number of carbonyl (C=O) groups is 1. The van der Waals surface area contributed by atoms with E-state index in [0.29, 0.717) is 0 Å². The summed E-state index contributed by atoms with van der Waals surface area (Å²) in [6.07, 6.45) is 2.17. The van der Waals surface area contributed by atoms with E-state index >= 15 is 0 Å². The van der Waals surface area contributed by atoms with Crippen LogP contribution in [0.3, 0.4) is 0 Å². The Bertz CT molecular complexity index is 681. The first-order valence-corrected chi connectivity index (χ1v) is 9.04. The zero-order valence-electron chi connectivity index (χ0n) is 14.9. The fourth-order valence-electron chi connectivity index (χ4n) is 3.32. The summed E-state index contributed by atoms with van der Waals surface area (Å²) < 4.78 is 0. The van der Waals surface area contributed by atoms with Crippen molar-refractivity contribution in [2.24, 2.45) is 0 Å². The minimum absolute atomic E-state index is 0.0289. The van der Waals surface area contributed by atoms with Gasteiger partial charge in [0.15, 0.2) is 0 Å². The van der Waals surface area contributed by atoms with Gasteiger partial charge in [-0.15, -0.1) is 0 Å². The number of carbonyl (C=O) groups excluding carboxylic acids is 1. The highest BCUT2D eigenvalue weighted by atomic mass is 16.1. The van der Waals surface area contributed by atoms with Gasteiger partial charge in [0.05, 0.1) is 0 Å². The van der Waals surface area contributed by atoms with Crippen molar-refractivity contribution in [1.29, 1.82) is 0 Å². The lowest BCUT2D eigenvalue weighted by molar-refractivity contribution is 0.0930. The largest absolute Gasteiger partial charge is 0.348 e. The number of rotatable bonds is 6. The molecule has 0 radical (unpaired) electrons. The van der Waals surface area contributed by atoms with E-state index in [4.69, 9.17) is 0 Å². The SMILES string of the molecule is CN(Cc1ccccc1)Cc1cccc(C(=O)N[C@H]2CCCNC2)c1. The van der Waals surface area contributed by atoms with E-state index in [1.807, 2.05) is 24.3 Å². The van der Waals surface area contributed by atoms with Gasteiger partial charge in [-0.05, 0) is 49.7 Å². The molecule has 132 valence electrons. The summed E-state index contributed by atoms with van der Waals surface area (Å²) >= 11 is 0. The molecular weight excluding hydrogens is 310 g/mol. The number of nitrogens with one attached hydrogen (secondary N) is 2. The van der Waals surface area contributed by atoms with Crippen molar-refractivity contribution >= 4 is 5.91 Å². The second-order valence-electron chi connectivity index (χ2n) is 6.88. The van der Waals surface area contributed by atoms with E-state index in [-0.39, 0.29) is 11.9 Å². The van der Waals surface area contributed by atoms with Gasteiger partial charge in [-0.2, -0.15) is 0 Å². The Morgan fingerprint density at radius 1 is 1.12 bits per heavy atom. The highest BCUT2D eigenvalue weighted by Gasteiger charge is 2.16. The third-order valence-electron chi connectivity index (χ3n) is 4.57. The van der Waals surface area contributed by atoms with Gasteiger partial charge in [-0.25, -0.2) is 0 Å². The molecule has 2 aromatic carbocycles. The molecule has 0 unspecified atom stereocenters. The first kappa shape index (κ1) is 17.6. The fourth-order valence-corrected chi connectivity index (χ4v) is 3.32. The third-order valence-corrected chi connectivity index (χ3v) is 4.57. The van der Waals surface area contributed by atoms with Gasteiger partial charge in [0.2, 0.25) is 0 Å². The molecule has 1 amide bonds. The van der Waals surface area contributed by atoms with E-state index in [1.165, 1.54) is 5.56 Å². The topological polar surface area (TPSA) is 44.4 Å². The Morgan fingerprint density at radius 2 is 1.88 bits per heavy atom. The molecule has 1 saturated heterocycles. The van der Waals surface area contributed by atoms with Crippen molar-refractivity contribution < 1.29 is 4.79 Å². The molecule has 4 nitrogen and oxygen atoms in total. The van der Waals surface area contributed by atoms with E-state index in [2.05, 4.69) is 52.9 Å². The third kappa shape index (κ3) is 5.41. The van der Waals surface area contributed by atoms with Crippen LogP contribution in [0.25, 0.3) is 0 Å². The minimum atomic E-state index is 0.0289. The van der Waals surface area contributed by atoms with E-state index in [1.54, 1.807) is 0 Å². The molecule has 25 heavy (non-hydrogen) atoms. The summed E-state index contributed by atoms with van der Waals surface area (Å²) in [6, 6.07) is 18.6. The van der Waals surface area contributed by atoms with Crippen LogP contribution in [-0.2, 0) is 13.1 Å². The maximum atomic E-state index is 12.5. The van der Waals surface area contributed by atoms with Crippen LogP contribution in [-0.4, -0.2) is 37.0 Å². The summed E-state index contributed by atoms with van der Waals surface area (Å²) in [5.74, 6) is 0.0289. The molecular formula is C21H27N3O. The maximum Gasteiger partial charge on any atom is 0.251 e. The molecule has 1 heterocycles. The monoisotopic (exact) mass is 337 g/mol. The molecule has 0 aromatic heterocycles. The molecule has 1 atom stereocenters. The van der Waals surface area contributed by atoms with Crippen LogP contribution >= 0.6 is 0 Å². The van der Waals surface area contributed by atoms with Crippen molar-refractivity contribution in [2.45, 2.75) is 32.0 Å². The van der Waals surface area contributed by atoms with E-state index < -0.39 is 0 Å². The summed E-state index contributed by atoms with van der Waals surface area (Å²) in [5, 5.41) is 6.47. The second kappa shape index (κ2) is 8.79. The molecule has 2 aromatic rings. The van der Waals surface area contributed by atoms with E-state index in [9.17, 15) is 4.79 Å². The van der Waals surface area contributed by atoms with Crippen molar-refractivity contribution in [3.05, 3.63) is 71.3 Å². The Kier molecular flexibility index (Phi) is 6.20.